The first-order valence-corrected chi connectivity index (χ1v) is 7.23. The monoisotopic (exact) mass is 266 g/mol. The molecule has 0 fully saturated rings. The first kappa shape index (κ1) is 15.9. The van der Waals surface area contributed by atoms with E-state index >= 15 is 0 Å². The van der Waals surface area contributed by atoms with Crippen molar-refractivity contribution in [3.63, 3.8) is 0 Å². The molecule has 0 aliphatic heterocycles. The van der Waals surface area contributed by atoms with Crippen LogP contribution in [-0.4, -0.2) is 18.9 Å². The van der Waals surface area contributed by atoms with Gasteiger partial charge in [0.25, 0.3) is 0 Å². The summed E-state index contributed by atoms with van der Waals surface area (Å²) < 4.78 is 4.73. The van der Waals surface area contributed by atoms with E-state index in [0.29, 0.717) is 36.4 Å². The molecule has 3 heteroatoms. The summed E-state index contributed by atoms with van der Waals surface area (Å²) in [6, 6.07) is 0. The fourth-order valence-electron chi connectivity index (χ4n) is 2.75. The van der Waals surface area contributed by atoms with Gasteiger partial charge < -0.3 is 4.74 Å². The molecule has 0 unspecified atom stereocenters. The third kappa shape index (κ3) is 5.17. The van der Waals surface area contributed by atoms with Crippen molar-refractivity contribution in [3.8, 4) is 0 Å². The van der Waals surface area contributed by atoms with Gasteiger partial charge in [-0.05, 0) is 37.0 Å². The van der Waals surface area contributed by atoms with E-state index in [-0.39, 0.29) is 5.97 Å². The van der Waals surface area contributed by atoms with Gasteiger partial charge in [-0.2, -0.15) is 0 Å². The second kappa shape index (κ2) is 7.46. The number of hydrogen-bond donors (Lipinski definition) is 0. The van der Waals surface area contributed by atoms with Crippen LogP contribution in [0, 0.1) is 17.8 Å². The molecular weight excluding hydrogens is 240 g/mol. The van der Waals surface area contributed by atoms with Crippen LogP contribution in [0.4, 0.5) is 0 Å². The third-order valence-electron chi connectivity index (χ3n) is 3.89. The van der Waals surface area contributed by atoms with Crippen LogP contribution in [-0.2, 0) is 14.3 Å². The maximum absolute atomic E-state index is 11.8. The van der Waals surface area contributed by atoms with Gasteiger partial charge in [-0.25, -0.2) is 4.79 Å². The van der Waals surface area contributed by atoms with Crippen LogP contribution < -0.4 is 0 Å². The Morgan fingerprint density at radius 3 is 2.47 bits per heavy atom. The number of carbonyl (C=O) groups excluding carboxylic acids is 2. The molecule has 0 N–H and O–H groups in total. The van der Waals surface area contributed by atoms with Crippen molar-refractivity contribution in [3.05, 3.63) is 11.6 Å². The number of Topliss-reactive ketones (excluding diaryl/α,β-unsaturated/α-hetero) is 1. The summed E-state index contributed by atoms with van der Waals surface area (Å²) in [6.45, 7) is 6.31. The van der Waals surface area contributed by atoms with Gasteiger partial charge in [0.15, 0.2) is 0 Å². The summed E-state index contributed by atoms with van der Waals surface area (Å²) >= 11 is 0. The Bertz CT molecular complexity index is 355. The molecule has 0 aromatic carbocycles. The molecular formula is C16H26O3. The largest absolute Gasteiger partial charge is 0.466 e. The molecule has 0 aromatic rings. The highest BCUT2D eigenvalue weighted by atomic mass is 16.5. The molecule has 1 aliphatic carbocycles. The van der Waals surface area contributed by atoms with Crippen molar-refractivity contribution < 1.29 is 14.3 Å². The third-order valence-corrected chi connectivity index (χ3v) is 3.89. The van der Waals surface area contributed by atoms with Crippen LogP contribution in [0.2, 0.25) is 0 Å². The van der Waals surface area contributed by atoms with E-state index < -0.39 is 0 Å². The fourth-order valence-corrected chi connectivity index (χ4v) is 2.75. The van der Waals surface area contributed by atoms with Crippen LogP contribution in [0.15, 0.2) is 11.6 Å². The summed E-state index contributed by atoms with van der Waals surface area (Å²) in [6.07, 6.45) is 5.99. The van der Waals surface area contributed by atoms with Gasteiger partial charge in [0.05, 0.1) is 7.11 Å². The van der Waals surface area contributed by atoms with Gasteiger partial charge in [0.2, 0.25) is 0 Å². The number of methoxy groups -OCH3 is 1. The van der Waals surface area contributed by atoms with Crippen molar-refractivity contribution in [1.29, 1.82) is 0 Å². The van der Waals surface area contributed by atoms with Crippen molar-refractivity contribution in [2.45, 2.75) is 52.9 Å². The zero-order chi connectivity index (χ0) is 14.4. The second-order valence-electron chi connectivity index (χ2n) is 6.07. The number of ketones is 1. The SMILES string of the molecule is COC(=O)C1=CC[C@@H]([C@@H](C)CC(=O)CC(C)C)CC1. The Labute approximate surface area is 116 Å². The van der Waals surface area contributed by atoms with Gasteiger partial charge in [-0.15, -0.1) is 0 Å². The highest BCUT2D eigenvalue weighted by Gasteiger charge is 2.24. The minimum Gasteiger partial charge on any atom is -0.466 e. The van der Waals surface area contributed by atoms with Gasteiger partial charge in [0, 0.05) is 18.4 Å². The number of carbonyl (C=O) groups is 2. The molecule has 0 saturated carbocycles. The summed E-state index contributed by atoms with van der Waals surface area (Å²) in [7, 11) is 1.42. The van der Waals surface area contributed by atoms with Crippen molar-refractivity contribution in [2.75, 3.05) is 7.11 Å². The Balaban J connectivity index is 2.44. The van der Waals surface area contributed by atoms with Crippen LogP contribution >= 0.6 is 0 Å². The van der Waals surface area contributed by atoms with E-state index in [9.17, 15) is 9.59 Å². The summed E-state index contributed by atoms with van der Waals surface area (Å²) in [4.78, 5) is 23.2. The number of allylic oxidation sites excluding steroid dienone is 1. The molecule has 0 saturated heterocycles. The first-order valence-electron chi connectivity index (χ1n) is 7.23. The molecule has 0 bridgehead atoms. The number of ether oxygens (including phenoxy) is 1. The maximum Gasteiger partial charge on any atom is 0.333 e. The van der Waals surface area contributed by atoms with Crippen molar-refractivity contribution >= 4 is 11.8 Å². The Morgan fingerprint density at radius 1 is 1.32 bits per heavy atom. The summed E-state index contributed by atoms with van der Waals surface area (Å²) in [5.74, 6) is 1.52. The smallest absolute Gasteiger partial charge is 0.333 e. The predicted octanol–water partition coefficient (Wildman–Crippen LogP) is 3.53. The molecule has 2 atom stereocenters. The lowest BCUT2D eigenvalue weighted by Gasteiger charge is -2.26. The lowest BCUT2D eigenvalue weighted by molar-refractivity contribution is -0.136. The zero-order valence-corrected chi connectivity index (χ0v) is 12.6. The molecule has 0 spiro atoms. The normalized spacial score (nSPS) is 20.9. The Kier molecular flexibility index (Phi) is 6.26. The molecule has 0 heterocycles. The van der Waals surface area contributed by atoms with E-state index in [0.717, 1.165) is 24.8 Å². The first-order chi connectivity index (χ1) is 8.93. The lowest BCUT2D eigenvalue weighted by atomic mass is 9.79. The Morgan fingerprint density at radius 2 is 2.00 bits per heavy atom. The second-order valence-corrected chi connectivity index (χ2v) is 6.07. The highest BCUT2D eigenvalue weighted by molar-refractivity contribution is 5.88. The fraction of sp³-hybridized carbons (Fsp3) is 0.750. The molecule has 19 heavy (non-hydrogen) atoms. The van der Waals surface area contributed by atoms with Gasteiger partial charge >= 0.3 is 5.97 Å². The number of esters is 1. The maximum atomic E-state index is 11.8. The predicted molar refractivity (Wildman–Crippen MR) is 75.7 cm³/mol. The molecule has 1 aliphatic rings. The van der Waals surface area contributed by atoms with E-state index in [1.807, 2.05) is 6.08 Å². The standard InChI is InChI=1S/C16H26O3/c1-11(2)9-15(17)10-12(3)13-5-7-14(8-6-13)16(18)19-4/h7,11-13H,5-6,8-10H2,1-4H3/t12-,13+/m0/s1. The van der Waals surface area contributed by atoms with Gasteiger partial charge in [0.1, 0.15) is 5.78 Å². The van der Waals surface area contributed by atoms with Gasteiger partial charge in [-0.1, -0.05) is 26.8 Å². The van der Waals surface area contributed by atoms with E-state index in [2.05, 4.69) is 20.8 Å². The Hall–Kier alpha value is -1.12. The van der Waals surface area contributed by atoms with Crippen LogP contribution in [0.5, 0.6) is 0 Å². The lowest BCUT2D eigenvalue weighted by Crippen LogP contribution is -2.20. The van der Waals surface area contributed by atoms with Crippen molar-refractivity contribution in [1.82, 2.24) is 0 Å². The molecule has 0 radical (unpaired) electrons. The molecule has 108 valence electrons. The summed E-state index contributed by atoms with van der Waals surface area (Å²) in [5, 5.41) is 0. The zero-order valence-electron chi connectivity index (χ0n) is 12.6. The number of hydrogen-bond acceptors (Lipinski definition) is 3. The topological polar surface area (TPSA) is 43.4 Å². The average molecular weight is 266 g/mol. The van der Waals surface area contributed by atoms with Crippen molar-refractivity contribution in [2.24, 2.45) is 17.8 Å². The molecule has 1 rings (SSSR count). The minimum absolute atomic E-state index is 0.206. The van der Waals surface area contributed by atoms with E-state index in [4.69, 9.17) is 4.74 Å². The highest BCUT2D eigenvalue weighted by Crippen LogP contribution is 2.31. The average Bonchev–Trinajstić information content (AvgIpc) is 2.36. The van der Waals surface area contributed by atoms with Crippen LogP contribution in [0.1, 0.15) is 52.9 Å². The summed E-state index contributed by atoms with van der Waals surface area (Å²) in [5.41, 5.74) is 0.791. The molecule has 0 aromatic heterocycles. The molecule has 0 amide bonds. The quantitative estimate of drug-likeness (QED) is 0.691. The van der Waals surface area contributed by atoms with Crippen LogP contribution in [0.25, 0.3) is 0 Å². The molecule has 3 nitrogen and oxygen atoms in total. The van der Waals surface area contributed by atoms with Crippen LogP contribution in [0.3, 0.4) is 0 Å². The minimum atomic E-state index is -0.206. The van der Waals surface area contributed by atoms with Gasteiger partial charge in [-0.3, -0.25) is 4.79 Å². The van der Waals surface area contributed by atoms with E-state index in [1.165, 1.54) is 7.11 Å². The number of rotatable bonds is 6. The van der Waals surface area contributed by atoms with E-state index in [1.54, 1.807) is 0 Å².